The van der Waals surface area contributed by atoms with Gasteiger partial charge in [0.05, 0.1) is 6.07 Å². The molecule has 3 rings (SSSR count). The number of nitrogens with one attached hydrogen (secondary N) is 1. The molecular formula is C14H21N5S. The number of hydrogen-bond donors (Lipinski definition) is 1. The van der Waals surface area contributed by atoms with Crippen molar-refractivity contribution in [1.82, 2.24) is 20.1 Å². The van der Waals surface area contributed by atoms with Crippen LogP contribution in [0.2, 0.25) is 0 Å². The second kappa shape index (κ2) is 5.74. The SMILES string of the molecule is Cn1cnnc1SCCC1CCCC1(C#N)NC1CC1. The van der Waals surface area contributed by atoms with Crippen molar-refractivity contribution in [3.05, 3.63) is 6.33 Å². The van der Waals surface area contributed by atoms with Crippen LogP contribution >= 0.6 is 11.8 Å². The second-order valence-electron chi connectivity index (χ2n) is 5.95. The lowest BCUT2D eigenvalue weighted by Crippen LogP contribution is -2.48. The number of aryl methyl sites for hydroxylation is 1. The summed E-state index contributed by atoms with van der Waals surface area (Å²) in [5.41, 5.74) is -0.262. The molecule has 0 amide bonds. The van der Waals surface area contributed by atoms with Gasteiger partial charge in [-0.3, -0.25) is 5.32 Å². The number of nitriles is 1. The Kier molecular flexibility index (Phi) is 3.99. The molecule has 0 bridgehead atoms. The van der Waals surface area contributed by atoms with Crippen molar-refractivity contribution in [3.63, 3.8) is 0 Å². The number of rotatable bonds is 6. The average molecular weight is 291 g/mol. The lowest BCUT2D eigenvalue weighted by Gasteiger charge is -2.30. The summed E-state index contributed by atoms with van der Waals surface area (Å²) in [6, 6.07) is 3.20. The van der Waals surface area contributed by atoms with Crippen molar-refractivity contribution in [3.8, 4) is 6.07 Å². The van der Waals surface area contributed by atoms with Crippen molar-refractivity contribution in [2.45, 2.75) is 55.3 Å². The largest absolute Gasteiger partial charge is 0.312 e. The maximum Gasteiger partial charge on any atom is 0.190 e. The highest BCUT2D eigenvalue weighted by atomic mass is 32.2. The fourth-order valence-electron chi connectivity index (χ4n) is 3.13. The highest BCUT2D eigenvalue weighted by molar-refractivity contribution is 7.99. The highest BCUT2D eigenvalue weighted by Crippen LogP contribution is 2.40. The number of nitrogens with zero attached hydrogens (tertiary/aromatic N) is 4. The molecule has 5 nitrogen and oxygen atoms in total. The second-order valence-corrected chi connectivity index (χ2v) is 7.01. The van der Waals surface area contributed by atoms with Crippen LogP contribution in [0.15, 0.2) is 11.5 Å². The molecule has 1 aromatic heterocycles. The smallest absolute Gasteiger partial charge is 0.190 e. The van der Waals surface area contributed by atoms with Crippen molar-refractivity contribution in [2.75, 3.05) is 5.75 Å². The molecule has 1 heterocycles. The molecule has 0 spiro atoms. The Morgan fingerprint density at radius 1 is 1.55 bits per heavy atom. The quantitative estimate of drug-likeness (QED) is 0.813. The van der Waals surface area contributed by atoms with Crippen LogP contribution in [0.5, 0.6) is 0 Å². The third-order valence-corrected chi connectivity index (χ3v) is 5.49. The lowest BCUT2D eigenvalue weighted by molar-refractivity contribution is 0.308. The van der Waals surface area contributed by atoms with Gasteiger partial charge in [-0.1, -0.05) is 18.2 Å². The van der Waals surface area contributed by atoms with Gasteiger partial charge in [-0.05, 0) is 38.0 Å². The van der Waals surface area contributed by atoms with Crippen molar-refractivity contribution >= 4 is 11.8 Å². The zero-order valence-electron chi connectivity index (χ0n) is 11.9. The van der Waals surface area contributed by atoms with Gasteiger partial charge in [0.2, 0.25) is 0 Å². The Labute approximate surface area is 124 Å². The minimum absolute atomic E-state index is 0.262. The minimum Gasteiger partial charge on any atom is -0.312 e. The Bertz CT molecular complexity index is 504. The summed E-state index contributed by atoms with van der Waals surface area (Å²) in [6.45, 7) is 0. The molecule has 0 aromatic carbocycles. The van der Waals surface area contributed by atoms with Crippen LogP contribution in [0.4, 0.5) is 0 Å². The Morgan fingerprint density at radius 2 is 2.40 bits per heavy atom. The van der Waals surface area contributed by atoms with Crippen LogP contribution in [-0.4, -0.2) is 32.1 Å². The van der Waals surface area contributed by atoms with E-state index in [0.29, 0.717) is 12.0 Å². The predicted molar refractivity (Wildman–Crippen MR) is 78.2 cm³/mol. The van der Waals surface area contributed by atoms with Gasteiger partial charge in [-0.15, -0.1) is 10.2 Å². The number of thioether (sulfide) groups is 1. The first-order valence-corrected chi connectivity index (χ1v) is 8.38. The van der Waals surface area contributed by atoms with E-state index in [1.807, 2.05) is 11.6 Å². The first-order chi connectivity index (χ1) is 9.73. The van der Waals surface area contributed by atoms with Gasteiger partial charge >= 0.3 is 0 Å². The van der Waals surface area contributed by atoms with E-state index in [2.05, 4.69) is 21.6 Å². The lowest BCUT2D eigenvalue weighted by atomic mass is 9.86. The maximum atomic E-state index is 9.65. The predicted octanol–water partition coefficient (Wildman–Crippen LogP) is 2.11. The summed E-state index contributed by atoms with van der Waals surface area (Å²) in [5, 5.41) is 22.2. The normalized spacial score (nSPS) is 29.5. The summed E-state index contributed by atoms with van der Waals surface area (Å²) < 4.78 is 1.94. The Morgan fingerprint density at radius 3 is 3.05 bits per heavy atom. The Balaban J connectivity index is 1.55. The zero-order chi connectivity index (χ0) is 14.0. The van der Waals surface area contributed by atoms with E-state index in [9.17, 15) is 5.26 Å². The average Bonchev–Trinajstić information content (AvgIpc) is 3.03. The zero-order valence-corrected chi connectivity index (χ0v) is 12.7. The first kappa shape index (κ1) is 13.9. The fourth-order valence-corrected chi connectivity index (χ4v) is 4.07. The van der Waals surface area contributed by atoms with E-state index in [1.165, 1.54) is 25.7 Å². The molecule has 108 valence electrons. The maximum absolute atomic E-state index is 9.65. The van der Waals surface area contributed by atoms with E-state index in [-0.39, 0.29) is 5.54 Å². The standard InChI is InChI=1S/C14H21N5S/c1-19-10-16-18-13(19)20-8-6-11-3-2-7-14(11,9-15)17-12-4-5-12/h10-12,17H,2-8H2,1H3. The number of hydrogen-bond acceptors (Lipinski definition) is 5. The molecule has 2 unspecified atom stereocenters. The topological polar surface area (TPSA) is 66.5 Å². The van der Waals surface area contributed by atoms with Crippen molar-refractivity contribution in [1.29, 1.82) is 5.26 Å². The van der Waals surface area contributed by atoms with Gasteiger partial charge in [0, 0.05) is 18.8 Å². The molecule has 6 heteroatoms. The van der Waals surface area contributed by atoms with Crippen LogP contribution in [0.25, 0.3) is 0 Å². The van der Waals surface area contributed by atoms with Crippen molar-refractivity contribution in [2.24, 2.45) is 13.0 Å². The molecule has 2 aliphatic carbocycles. The van der Waals surface area contributed by atoms with Gasteiger partial charge in [0.1, 0.15) is 11.9 Å². The van der Waals surface area contributed by atoms with Crippen molar-refractivity contribution < 1.29 is 0 Å². The summed E-state index contributed by atoms with van der Waals surface area (Å²) >= 11 is 1.74. The molecular weight excluding hydrogens is 270 g/mol. The van der Waals surface area contributed by atoms with E-state index in [1.54, 1.807) is 18.1 Å². The molecule has 1 aromatic rings. The van der Waals surface area contributed by atoms with E-state index in [4.69, 9.17) is 0 Å². The molecule has 0 saturated heterocycles. The van der Waals surface area contributed by atoms with Crippen LogP contribution in [0.1, 0.15) is 38.5 Å². The summed E-state index contributed by atoms with van der Waals surface area (Å²) in [6.07, 6.45) is 8.64. The molecule has 2 aliphatic rings. The van der Waals surface area contributed by atoms with Crippen LogP contribution in [-0.2, 0) is 7.05 Å². The monoisotopic (exact) mass is 291 g/mol. The molecule has 2 saturated carbocycles. The van der Waals surface area contributed by atoms with Crippen LogP contribution < -0.4 is 5.32 Å². The first-order valence-electron chi connectivity index (χ1n) is 7.39. The molecule has 20 heavy (non-hydrogen) atoms. The third kappa shape index (κ3) is 2.84. The summed E-state index contributed by atoms with van der Waals surface area (Å²) in [4.78, 5) is 0. The fraction of sp³-hybridized carbons (Fsp3) is 0.786. The molecule has 0 aliphatic heterocycles. The number of aromatic nitrogens is 3. The Hall–Kier alpha value is -1.06. The molecule has 1 N–H and O–H groups in total. The van der Waals surface area contributed by atoms with E-state index in [0.717, 1.165) is 23.8 Å². The van der Waals surface area contributed by atoms with E-state index >= 15 is 0 Å². The molecule has 2 fully saturated rings. The van der Waals surface area contributed by atoms with Gasteiger partial charge in [0.25, 0.3) is 0 Å². The molecule has 0 radical (unpaired) electrons. The highest BCUT2D eigenvalue weighted by Gasteiger charge is 2.45. The third-order valence-electron chi connectivity index (χ3n) is 4.43. The molecule has 2 atom stereocenters. The van der Waals surface area contributed by atoms with Crippen LogP contribution in [0, 0.1) is 17.2 Å². The summed E-state index contributed by atoms with van der Waals surface area (Å²) in [7, 11) is 1.96. The van der Waals surface area contributed by atoms with Gasteiger partial charge < -0.3 is 4.57 Å². The van der Waals surface area contributed by atoms with Gasteiger partial charge in [-0.2, -0.15) is 5.26 Å². The summed E-state index contributed by atoms with van der Waals surface area (Å²) in [5.74, 6) is 1.49. The van der Waals surface area contributed by atoms with E-state index < -0.39 is 0 Å². The minimum atomic E-state index is -0.262. The van der Waals surface area contributed by atoms with Gasteiger partial charge in [-0.25, -0.2) is 0 Å². The van der Waals surface area contributed by atoms with Crippen LogP contribution in [0.3, 0.4) is 0 Å². The van der Waals surface area contributed by atoms with Gasteiger partial charge in [0.15, 0.2) is 5.16 Å².